The van der Waals surface area contributed by atoms with Crippen LogP contribution in [0.4, 0.5) is 13.2 Å². The van der Waals surface area contributed by atoms with Crippen molar-refractivity contribution in [3.05, 3.63) is 60.3 Å². The Morgan fingerprint density at radius 2 is 1.77 bits per heavy atom. The third kappa shape index (κ3) is 4.63. The number of alkyl halides is 3. The van der Waals surface area contributed by atoms with Crippen molar-refractivity contribution in [1.82, 2.24) is 3.97 Å². The second-order valence-electron chi connectivity index (χ2n) is 6.84. The van der Waals surface area contributed by atoms with E-state index in [1.54, 1.807) is 18.2 Å². The number of aromatic nitrogens is 1. The second-order valence-corrected chi connectivity index (χ2v) is 8.65. The van der Waals surface area contributed by atoms with Crippen LogP contribution in [0.2, 0.25) is 0 Å². The van der Waals surface area contributed by atoms with E-state index in [-0.39, 0.29) is 22.2 Å². The molecule has 0 saturated carbocycles. The Morgan fingerprint density at radius 1 is 1.10 bits per heavy atom. The number of rotatable bonds is 7. The number of carbonyl (C=O) groups excluding carboxylic acids is 1. The molecule has 0 saturated heterocycles. The maximum absolute atomic E-state index is 13.1. The molecule has 0 aliphatic carbocycles. The maximum Gasteiger partial charge on any atom is 0.491 e. The van der Waals surface area contributed by atoms with Crippen molar-refractivity contribution in [1.29, 1.82) is 5.41 Å². The van der Waals surface area contributed by atoms with Crippen molar-refractivity contribution in [2.75, 3.05) is 0 Å². The lowest BCUT2D eigenvalue weighted by molar-refractivity contribution is -0.189. The highest BCUT2D eigenvalue weighted by Crippen LogP contribution is 2.35. The summed E-state index contributed by atoms with van der Waals surface area (Å²) in [5.41, 5.74) is 0.764. The van der Waals surface area contributed by atoms with E-state index in [2.05, 4.69) is 4.74 Å². The molecule has 3 aromatic rings. The maximum atomic E-state index is 13.1. The molecule has 1 aromatic heterocycles. The van der Waals surface area contributed by atoms with Gasteiger partial charge in [0.25, 0.3) is 10.0 Å². The number of esters is 1. The molecule has 10 heteroatoms. The summed E-state index contributed by atoms with van der Waals surface area (Å²) < 4.78 is 70.1. The van der Waals surface area contributed by atoms with Crippen LogP contribution in [0.15, 0.2) is 59.6 Å². The Labute approximate surface area is 176 Å². The minimum absolute atomic E-state index is 0.0421. The monoisotopic (exact) mass is 452 g/mol. The number of hydrogen-bond acceptors (Lipinski definition) is 5. The van der Waals surface area contributed by atoms with Gasteiger partial charge in [0.1, 0.15) is 0 Å². The van der Waals surface area contributed by atoms with Crippen LogP contribution in [0.5, 0.6) is 5.75 Å². The summed E-state index contributed by atoms with van der Waals surface area (Å²) in [5.74, 6) is -2.99. The molecule has 0 unspecified atom stereocenters. The SMILES string of the molecule is CCCC(=N)Cc1cccc2c1c(OC(=O)C(F)(F)F)cn2S(=O)(=O)c1ccccc1. The minimum Gasteiger partial charge on any atom is -0.418 e. The molecule has 0 spiro atoms. The van der Waals surface area contributed by atoms with Gasteiger partial charge < -0.3 is 10.1 Å². The Kier molecular flexibility index (Phi) is 6.21. The Balaban J connectivity index is 2.23. The molecular formula is C21H19F3N2O4S. The van der Waals surface area contributed by atoms with Crippen LogP contribution < -0.4 is 4.74 Å². The fourth-order valence-electron chi connectivity index (χ4n) is 3.20. The van der Waals surface area contributed by atoms with Gasteiger partial charge in [-0.15, -0.1) is 0 Å². The minimum atomic E-state index is -5.25. The smallest absolute Gasteiger partial charge is 0.418 e. The third-order valence-electron chi connectivity index (χ3n) is 4.54. The lowest BCUT2D eigenvalue weighted by Gasteiger charge is -2.09. The lowest BCUT2D eigenvalue weighted by atomic mass is 10.0. The summed E-state index contributed by atoms with van der Waals surface area (Å²) in [4.78, 5) is 11.4. The van der Waals surface area contributed by atoms with Crippen LogP contribution in [-0.4, -0.2) is 30.2 Å². The second kappa shape index (κ2) is 8.54. The number of fused-ring (bicyclic) bond motifs is 1. The molecule has 31 heavy (non-hydrogen) atoms. The van der Waals surface area contributed by atoms with Gasteiger partial charge in [0.15, 0.2) is 5.75 Å². The van der Waals surface area contributed by atoms with E-state index >= 15 is 0 Å². The normalized spacial score (nSPS) is 12.1. The van der Waals surface area contributed by atoms with Crippen molar-refractivity contribution >= 4 is 32.6 Å². The van der Waals surface area contributed by atoms with Crippen molar-refractivity contribution in [3.8, 4) is 5.75 Å². The highest BCUT2D eigenvalue weighted by molar-refractivity contribution is 7.90. The topological polar surface area (TPSA) is 89.2 Å². The van der Waals surface area contributed by atoms with Crippen molar-refractivity contribution in [2.24, 2.45) is 0 Å². The third-order valence-corrected chi connectivity index (χ3v) is 6.22. The number of nitrogens with zero attached hydrogens (tertiary/aromatic N) is 1. The van der Waals surface area contributed by atoms with Crippen molar-refractivity contribution in [3.63, 3.8) is 0 Å². The van der Waals surface area contributed by atoms with E-state index in [1.807, 2.05) is 6.92 Å². The highest BCUT2D eigenvalue weighted by atomic mass is 32.2. The molecule has 0 aliphatic rings. The molecule has 2 aromatic carbocycles. The van der Waals surface area contributed by atoms with Crippen LogP contribution in [0, 0.1) is 5.41 Å². The number of hydrogen-bond donors (Lipinski definition) is 1. The van der Waals surface area contributed by atoms with Crippen LogP contribution in [0.1, 0.15) is 25.3 Å². The summed E-state index contributed by atoms with van der Waals surface area (Å²) in [6, 6.07) is 11.9. The summed E-state index contributed by atoms with van der Waals surface area (Å²) in [6.45, 7) is 1.88. The molecule has 6 nitrogen and oxygen atoms in total. The Morgan fingerprint density at radius 3 is 2.39 bits per heavy atom. The van der Waals surface area contributed by atoms with E-state index in [0.29, 0.717) is 24.1 Å². The molecule has 0 radical (unpaired) electrons. The van der Waals surface area contributed by atoms with Crippen LogP contribution in [-0.2, 0) is 21.2 Å². The van der Waals surface area contributed by atoms with Crippen molar-refractivity contribution in [2.45, 2.75) is 37.3 Å². The first-order valence-corrected chi connectivity index (χ1v) is 10.8. The van der Waals surface area contributed by atoms with E-state index in [4.69, 9.17) is 5.41 Å². The van der Waals surface area contributed by atoms with E-state index in [9.17, 15) is 26.4 Å². The Hall–Kier alpha value is -3.14. The lowest BCUT2D eigenvalue weighted by Crippen LogP contribution is -2.28. The molecule has 0 atom stereocenters. The van der Waals surface area contributed by atoms with Gasteiger partial charge in [-0.1, -0.05) is 43.7 Å². The number of ether oxygens (including phenoxy) is 1. The molecule has 0 amide bonds. The predicted molar refractivity (Wildman–Crippen MR) is 109 cm³/mol. The highest BCUT2D eigenvalue weighted by Gasteiger charge is 2.42. The zero-order valence-electron chi connectivity index (χ0n) is 16.4. The van der Waals surface area contributed by atoms with Crippen LogP contribution in [0.25, 0.3) is 10.9 Å². The van der Waals surface area contributed by atoms with Gasteiger partial charge in [-0.3, -0.25) is 0 Å². The van der Waals surface area contributed by atoms with Crippen LogP contribution in [0.3, 0.4) is 0 Å². The van der Waals surface area contributed by atoms with Gasteiger partial charge in [-0.25, -0.2) is 17.2 Å². The quantitative estimate of drug-likeness (QED) is 0.415. The van der Waals surface area contributed by atoms with Crippen molar-refractivity contribution < 1.29 is 31.1 Å². The predicted octanol–water partition coefficient (Wildman–Crippen LogP) is 4.71. The molecule has 1 heterocycles. The Bertz CT molecular complexity index is 1230. The molecular weight excluding hydrogens is 433 g/mol. The molecule has 3 rings (SSSR count). The first kappa shape index (κ1) is 22.5. The zero-order chi connectivity index (χ0) is 22.8. The van der Waals surface area contributed by atoms with Gasteiger partial charge in [-0.2, -0.15) is 13.2 Å². The number of carbonyl (C=O) groups is 1. The van der Waals surface area contributed by atoms with Gasteiger partial charge in [0.05, 0.1) is 16.6 Å². The van der Waals surface area contributed by atoms with E-state index < -0.39 is 27.9 Å². The summed E-state index contributed by atoms with van der Waals surface area (Å²) in [5, 5.41) is 8.11. The molecule has 0 bridgehead atoms. The summed E-state index contributed by atoms with van der Waals surface area (Å²) in [7, 11) is -4.18. The molecule has 164 valence electrons. The molecule has 0 fully saturated rings. The summed E-state index contributed by atoms with van der Waals surface area (Å²) in [6.07, 6.45) is -3.14. The van der Waals surface area contributed by atoms with E-state index in [1.165, 1.54) is 30.3 Å². The first-order valence-electron chi connectivity index (χ1n) is 9.34. The van der Waals surface area contributed by atoms with Gasteiger partial charge in [-0.05, 0) is 30.2 Å². The molecule has 0 aliphatic heterocycles. The van der Waals surface area contributed by atoms with Gasteiger partial charge in [0.2, 0.25) is 0 Å². The average Bonchev–Trinajstić information content (AvgIpc) is 3.08. The number of benzene rings is 2. The number of halogens is 3. The van der Waals surface area contributed by atoms with Crippen LogP contribution >= 0.6 is 0 Å². The fraction of sp³-hybridized carbons (Fsp3) is 0.238. The standard InChI is InChI=1S/C21H19F3N2O4S/c1-2-7-15(25)12-14-8-6-11-17-19(14)18(30-20(27)21(22,23)24)13-26(17)31(28,29)16-9-4-3-5-10-16/h3-6,8-11,13,25H,2,7,12H2,1H3. The van der Waals surface area contributed by atoms with E-state index in [0.717, 1.165) is 10.2 Å². The first-order chi connectivity index (χ1) is 14.6. The average molecular weight is 452 g/mol. The zero-order valence-corrected chi connectivity index (χ0v) is 17.3. The fourth-order valence-corrected chi connectivity index (χ4v) is 4.58. The largest absolute Gasteiger partial charge is 0.491 e. The summed E-state index contributed by atoms with van der Waals surface area (Å²) >= 11 is 0. The molecule has 1 N–H and O–H groups in total. The van der Waals surface area contributed by atoms with Gasteiger partial charge >= 0.3 is 12.1 Å². The number of nitrogens with one attached hydrogen (secondary N) is 1. The van der Waals surface area contributed by atoms with Gasteiger partial charge in [0, 0.05) is 17.5 Å².